The topological polar surface area (TPSA) is 98.5 Å². The molecule has 0 unspecified atom stereocenters. The second-order valence-electron chi connectivity index (χ2n) is 5.44. The minimum atomic E-state index is -0.791. The van der Waals surface area contributed by atoms with Crippen molar-refractivity contribution in [2.24, 2.45) is 0 Å². The SMILES string of the molecule is CCc1cccc(NC(=O)COC(=O)c2ccc(C)c([N+](=O)[O-])c2)c1. The fraction of sp³-hybridized carbons (Fsp3) is 0.222. The Morgan fingerprint density at radius 1 is 1.20 bits per heavy atom. The van der Waals surface area contributed by atoms with Crippen LogP contribution in [0.1, 0.15) is 28.4 Å². The summed E-state index contributed by atoms with van der Waals surface area (Å²) in [4.78, 5) is 34.2. The van der Waals surface area contributed by atoms with Gasteiger partial charge in [-0.3, -0.25) is 14.9 Å². The van der Waals surface area contributed by atoms with E-state index in [9.17, 15) is 19.7 Å². The Morgan fingerprint density at radius 3 is 2.64 bits per heavy atom. The van der Waals surface area contributed by atoms with Crippen molar-refractivity contribution in [1.29, 1.82) is 0 Å². The Balaban J connectivity index is 1.96. The number of nitro benzene ring substituents is 1. The van der Waals surface area contributed by atoms with E-state index in [-0.39, 0.29) is 11.3 Å². The van der Waals surface area contributed by atoms with E-state index in [4.69, 9.17) is 4.74 Å². The molecule has 2 aromatic carbocycles. The lowest BCUT2D eigenvalue weighted by atomic mass is 10.1. The number of amides is 1. The molecular weight excluding hydrogens is 324 g/mol. The second-order valence-corrected chi connectivity index (χ2v) is 5.44. The van der Waals surface area contributed by atoms with E-state index in [0.717, 1.165) is 18.1 Å². The van der Waals surface area contributed by atoms with Crippen molar-refractivity contribution >= 4 is 23.3 Å². The fourth-order valence-corrected chi connectivity index (χ4v) is 2.21. The van der Waals surface area contributed by atoms with E-state index in [1.807, 2.05) is 25.1 Å². The lowest BCUT2D eigenvalue weighted by Gasteiger charge is -2.08. The Kier molecular flexibility index (Phi) is 5.84. The number of nitro groups is 1. The molecule has 0 bridgehead atoms. The maximum atomic E-state index is 12.0. The van der Waals surface area contributed by atoms with Gasteiger partial charge in [-0.05, 0) is 37.1 Å². The summed E-state index contributed by atoms with van der Waals surface area (Å²) in [5.74, 6) is -1.27. The number of hydrogen-bond donors (Lipinski definition) is 1. The van der Waals surface area contributed by atoms with Crippen molar-refractivity contribution in [3.63, 3.8) is 0 Å². The Hall–Kier alpha value is -3.22. The average molecular weight is 342 g/mol. The summed E-state index contributed by atoms with van der Waals surface area (Å²) in [6, 6.07) is 11.4. The summed E-state index contributed by atoms with van der Waals surface area (Å²) >= 11 is 0. The molecule has 7 nitrogen and oxygen atoms in total. The molecule has 0 saturated carbocycles. The first kappa shape index (κ1) is 18.1. The number of esters is 1. The maximum absolute atomic E-state index is 12.0. The third kappa shape index (κ3) is 4.87. The van der Waals surface area contributed by atoms with Gasteiger partial charge in [0.1, 0.15) is 0 Å². The number of nitrogens with zero attached hydrogens (tertiary/aromatic N) is 1. The van der Waals surface area contributed by atoms with Gasteiger partial charge in [0, 0.05) is 17.3 Å². The van der Waals surface area contributed by atoms with Crippen molar-refractivity contribution in [1.82, 2.24) is 0 Å². The molecule has 0 atom stereocenters. The zero-order valence-corrected chi connectivity index (χ0v) is 13.9. The number of hydrogen-bond acceptors (Lipinski definition) is 5. The number of carbonyl (C=O) groups is 2. The number of anilines is 1. The predicted octanol–water partition coefficient (Wildman–Crippen LogP) is 3.26. The molecule has 1 N–H and O–H groups in total. The van der Waals surface area contributed by atoms with Gasteiger partial charge in [-0.25, -0.2) is 4.79 Å². The molecule has 0 aliphatic heterocycles. The molecule has 0 fully saturated rings. The molecule has 130 valence electrons. The molecule has 0 aromatic heterocycles. The highest BCUT2D eigenvalue weighted by atomic mass is 16.6. The number of rotatable bonds is 6. The minimum absolute atomic E-state index is 0.0260. The van der Waals surface area contributed by atoms with Gasteiger partial charge in [0.05, 0.1) is 10.5 Å². The highest BCUT2D eigenvalue weighted by Crippen LogP contribution is 2.19. The molecule has 0 radical (unpaired) electrons. The molecule has 0 spiro atoms. The van der Waals surface area contributed by atoms with Gasteiger partial charge in [-0.1, -0.05) is 25.1 Å². The standard InChI is InChI=1S/C18H18N2O5/c1-3-13-5-4-6-15(9-13)19-17(21)11-25-18(22)14-8-7-12(2)16(10-14)20(23)24/h4-10H,3,11H2,1-2H3,(H,19,21). The zero-order valence-electron chi connectivity index (χ0n) is 13.9. The van der Waals surface area contributed by atoms with Crippen molar-refractivity contribution in [2.45, 2.75) is 20.3 Å². The molecule has 0 saturated heterocycles. The van der Waals surface area contributed by atoms with Crippen molar-refractivity contribution in [3.8, 4) is 0 Å². The van der Waals surface area contributed by atoms with Gasteiger partial charge in [-0.15, -0.1) is 0 Å². The molecule has 1 amide bonds. The quantitative estimate of drug-likeness (QED) is 0.493. The molecule has 7 heteroatoms. The Morgan fingerprint density at radius 2 is 1.96 bits per heavy atom. The third-order valence-corrected chi connectivity index (χ3v) is 3.59. The van der Waals surface area contributed by atoms with Crippen LogP contribution in [0, 0.1) is 17.0 Å². The summed E-state index contributed by atoms with van der Waals surface area (Å²) in [7, 11) is 0. The zero-order chi connectivity index (χ0) is 18.4. The first-order valence-corrected chi connectivity index (χ1v) is 7.71. The maximum Gasteiger partial charge on any atom is 0.338 e. The van der Waals surface area contributed by atoms with E-state index in [1.54, 1.807) is 13.0 Å². The van der Waals surface area contributed by atoms with Crippen molar-refractivity contribution in [2.75, 3.05) is 11.9 Å². The summed E-state index contributed by atoms with van der Waals surface area (Å²) in [6.45, 7) is 3.10. The van der Waals surface area contributed by atoms with Gasteiger partial charge in [-0.2, -0.15) is 0 Å². The number of ether oxygens (including phenoxy) is 1. The van der Waals surface area contributed by atoms with E-state index >= 15 is 0 Å². The molecule has 25 heavy (non-hydrogen) atoms. The van der Waals surface area contributed by atoms with Crippen LogP contribution >= 0.6 is 0 Å². The summed E-state index contributed by atoms with van der Waals surface area (Å²) in [5, 5.41) is 13.5. The summed E-state index contributed by atoms with van der Waals surface area (Å²) < 4.78 is 4.92. The molecule has 0 heterocycles. The highest BCUT2D eigenvalue weighted by Gasteiger charge is 2.16. The van der Waals surface area contributed by atoms with Crippen LogP contribution in [0.4, 0.5) is 11.4 Å². The van der Waals surface area contributed by atoms with E-state index in [1.165, 1.54) is 12.1 Å². The number of nitrogens with one attached hydrogen (secondary N) is 1. The lowest BCUT2D eigenvalue weighted by molar-refractivity contribution is -0.385. The van der Waals surface area contributed by atoms with Crippen LogP contribution in [0.3, 0.4) is 0 Å². The van der Waals surface area contributed by atoms with Gasteiger partial charge in [0.15, 0.2) is 6.61 Å². The van der Waals surface area contributed by atoms with Crippen molar-refractivity contribution in [3.05, 3.63) is 69.3 Å². The van der Waals surface area contributed by atoms with Crippen molar-refractivity contribution < 1.29 is 19.2 Å². The Labute approximate surface area is 144 Å². The molecular formula is C18H18N2O5. The van der Waals surface area contributed by atoms with Gasteiger partial charge >= 0.3 is 5.97 Å². The van der Waals surface area contributed by atoms with E-state index in [2.05, 4.69) is 5.32 Å². The van der Waals surface area contributed by atoms with Crippen LogP contribution in [-0.4, -0.2) is 23.4 Å². The first-order chi connectivity index (χ1) is 11.9. The number of aryl methyl sites for hydroxylation is 2. The van der Waals surface area contributed by atoms with Gasteiger partial charge < -0.3 is 10.1 Å². The normalized spacial score (nSPS) is 10.2. The smallest absolute Gasteiger partial charge is 0.338 e. The minimum Gasteiger partial charge on any atom is -0.452 e. The number of benzene rings is 2. The van der Waals surface area contributed by atoms with Gasteiger partial charge in [0.2, 0.25) is 0 Å². The first-order valence-electron chi connectivity index (χ1n) is 7.71. The summed E-state index contributed by atoms with van der Waals surface area (Å²) in [5.41, 5.74) is 1.98. The number of carbonyl (C=O) groups excluding carboxylic acids is 2. The lowest BCUT2D eigenvalue weighted by Crippen LogP contribution is -2.21. The molecule has 0 aliphatic rings. The van der Waals surface area contributed by atoms with Crippen LogP contribution in [0.2, 0.25) is 0 Å². The molecule has 2 aromatic rings. The second kappa shape index (κ2) is 8.05. The largest absolute Gasteiger partial charge is 0.452 e. The van der Waals surface area contributed by atoms with Gasteiger partial charge in [0.25, 0.3) is 11.6 Å². The highest BCUT2D eigenvalue weighted by molar-refractivity contribution is 5.95. The monoisotopic (exact) mass is 342 g/mol. The van der Waals surface area contributed by atoms with E-state index in [0.29, 0.717) is 11.3 Å². The third-order valence-electron chi connectivity index (χ3n) is 3.59. The fourth-order valence-electron chi connectivity index (χ4n) is 2.21. The predicted molar refractivity (Wildman–Crippen MR) is 92.6 cm³/mol. The van der Waals surface area contributed by atoms with Crippen LogP contribution in [0.5, 0.6) is 0 Å². The molecule has 0 aliphatic carbocycles. The van der Waals surface area contributed by atoms with Crippen LogP contribution < -0.4 is 5.32 Å². The van der Waals surface area contributed by atoms with E-state index < -0.39 is 23.4 Å². The molecule has 2 rings (SSSR count). The average Bonchev–Trinajstić information content (AvgIpc) is 2.60. The Bertz CT molecular complexity index is 817. The van der Waals surface area contributed by atoms with Crippen LogP contribution in [-0.2, 0) is 16.0 Å². The van der Waals surface area contributed by atoms with Crippen LogP contribution in [0.25, 0.3) is 0 Å². The van der Waals surface area contributed by atoms with Crippen LogP contribution in [0.15, 0.2) is 42.5 Å². The summed E-state index contributed by atoms with van der Waals surface area (Å²) in [6.07, 6.45) is 0.838.